The van der Waals surface area contributed by atoms with Crippen LogP contribution >= 0.6 is 0 Å². The summed E-state index contributed by atoms with van der Waals surface area (Å²) in [6.45, 7) is 3.40. The fourth-order valence-electron chi connectivity index (χ4n) is 2.82. The van der Waals surface area contributed by atoms with Crippen LogP contribution in [0.15, 0.2) is 29.8 Å². The Kier molecular flexibility index (Phi) is 3.28. The average molecular weight is 257 g/mol. The molecule has 0 saturated carbocycles. The van der Waals surface area contributed by atoms with Crippen LogP contribution in [0, 0.1) is 0 Å². The fourth-order valence-corrected chi connectivity index (χ4v) is 2.82. The Balaban J connectivity index is 1.83. The number of nitrogens with zero attached hydrogens (tertiary/aromatic N) is 1. The third-order valence-electron chi connectivity index (χ3n) is 3.97. The number of piperidine rings is 1. The molecule has 0 aliphatic carbocycles. The molecule has 1 amide bonds. The molecule has 2 aliphatic heterocycles. The Labute approximate surface area is 113 Å². The summed E-state index contributed by atoms with van der Waals surface area (Å²) in [6, 6.07) is 8.19. The number of ether oxygens (including phenoxy) is 1. The van der Waals surface area contributed by atoms with E-state index in [2.05, 4.69) is 6.92 Å². The second-order valence-corrected chi connectivity index (χ2v) is 5.34. The number of carbonyl (C=O) groups is 1. The quantitative estimate of drug-likeness (QED) is 0.774. The van der Waals surface area contributed by atoms with Crippen LogP contribution in [0.2, 0.25) is 0 Å². The Morgan fingerprint density at radius 2 is 2.16 bits per heavy atom. The normalized spacial score (nSPS) is 22.3. The Hall–Kier alpha value is -1.77. The van der Waals surface area contributed by atoms with E-state index >= 15 is 0 Å². The summed E-state index contributed by atoms with van der Waals surface area (Å²) in [5.74, 6) is 1.01. The fraction of sp³-hybridized carbons (Fsp3) is 0.438. The standard InChI is InChI=1S/C16H19NO2/c1-12-6-4-5-9-17(12)16(18)14-10-13-7-2-3-8-15(13)19-11-14/h2-3,7-8,10,12H,4-6,9,11H2,1H3. The van der Waals surface area contributed by atoms with Gasteiger partial charge in [0.2, 0.25) is 0 Å². The maximum atomic E-state index is 12.6. The molecule has 2 aliphatic rings. The molecule has 3 rings (SSSR count). The molecule has 1 aromatic carbocycles. The Morgan fingerprint density at radius 1 is 1.32 bits per heavy atom. The van der Waals surface area contributed by atoms with Crippen LogP contribution in [-0.2, 0) is 4.79 Å². The molecule has 3 nitrogen and oxygen atoms in total. The molecule has 1 unspecified atom stereocenters. The Bertz CT molecular complexity index is 521. The van der Waals surface area contributed by atoms with Crippen LogP contribution in [0.5, 0.6) is 5.75 Å². The van der Waals surface area contributed by atoms with Gasteiger partial charge in [-0.1, -0.05) is 18.2 Å². The second-order valence-electron chi connectivity index (χ2n) is 5.34. The number of likely N-dealkylation sites (tertiary alicyclic amines) is 1. The Morgan fingerprint density at radius 3 is 3.00 bits per heavy atom. The smallest absolute Gasteiger partial charge is 0.253 e. The molecule has 100 valence electrons. The summed E-state index contributed by atoms with van der Waals surface area (Å²) >= 11 is 0. The summed E-state index contributed by atoms with van der Waals surface area (Å²) in [7, 11) is 0. The predicted molar refractivity (Wildman–Crippen MR) is 74.9 cm³/mol. The van der Waals surface area contributed by atoms with Crippen molar-refractivity contribution in [2.75, 3.05) is 13.2 Å². The van der Waals surface area contributed by atoms with E-state index in [0.717, 1.165) is 36.3 Å². The zero-order valence-corrected chi connectivity index (χ0v) is 11.3. The summed E-state index contributed by atoms with van der Waals surface area (Å²) < 4.78 is 5.67. The van der Waals surface area contributed by atoms with Crippen molar-refractivity contribution in [2.24, 2.45) is 0 Å². The van der Waals surface area contributed by atoms with Crippen molar-refractivity contribution < 1.29 is 9.53 Å². The summed E-state index contributed by atoms with van der Waals surface area (Å²) in [5.41, 5.74) is 1.77. The molecule has 1 fully saturated rings. The highest BCUT2D eigenvalue weighted by atomic mass is 16.5. The van der Waals surface area contributed by atoms with E-state index in [1.54, 1.807) is 0 Å². The summed E-state index contributed by atoms with van der Waals surface area (Å²) in [4.78, 5) is 14.5. The first kappa shape index (κ1) is 12.3. The van der Waals surface area contributed by atoms with Gasteiger partial charge in [-0.15, -0.1) is 0 Å². The zero-order valence-electron chi connectivity index (χ0n) is 11.3. The predicted octanol–water partition coefficient (Wildman–Crippen LogP) is 2.86. The maximum absolute atomic E-state index is 12.6. The molecule has 19 heavy (non-hydrogen) atoms. The minimum absolute atomic E-state index is 0.140. The lowest BCUT2D eigenvalue weighted by Gasteiger charge is -2.34. The number of hydrogen-bond acceptors (Lipinski definition) is 2. The molecule has 0 bridgehead atoms. The van der Waals surface area contributed by atoms with E-state index in [1.165, 1.54) is 6.42 Å². The lowest BCUT2D eigenvalue weighted by molar-refractivity contribution is -0.130. The lowest BCUT2D eigenvalue weighted by Crippen LogP contribution is -2.43. The first-order valence-electron chi connectivity index (χ1n) is 6.99. The molecule has 1 atom stereocenters. The van der Waals surface area contributed by atoms with Gasteiger partial charge in [0.05, 0.1) is 5.57 Å². The topological polar surface area (TPSA) is 29.5 Å². The number of carbonyl (C=O) groups excluding carboxylic acids is 1. The van der Waals surface area contributed by atoms with Gasteiger partial charge < -0.3 is 9.64 Å². The molecule has 0 spiro atoms. The van der Waals surface area contributed by atoms with Crippen molar-refractivity contribution in [3.63, 3.8) is 0 Å². The SMILES string of the molecule is CC1CCCCN1C(=O)C1=Cc2ccccc2OC1. The van der Waals surface area contributed by atoms with Crippen LogP contribution in [0.25, 0.3) is 6.08 Å². The maximum Gasteiger partial charge on any atom is 0.253 e. The van der Waals surface area contributed by atoms with E-state index in [1.807, 2.05) is 35.2 Å². The highest BCUT2D eigenvalue weighted by molar-refractivity contribution is 5.99. The van der Waals surface area contributed by atoms with Crippen LogP contribution in [0.4, 0.5) is 0 Å². The van der Waals surface area contributed by atoms with Gasteiger partial charge in [-0.05, 0) is 38.3 Å². The van der Waals surface area contributed by atoms with Gasteiger partial charge in [0.1, 0.15) is 12.4 Å². The van der Waals surface area contributed by atoms with Gasteiger partial charge in [0, 0.05) is 18.2 Å². The molecular weight excluding hydrogens is 238 g/mol. The van der Waals surface area contributed by atoms with Crippen molar-refractivity contribution in [3.8, 4) is 5.75 Å². The first-order chi connectivity index (χ1) is 9.25. The molecule has 2 heterocycles. The number of fused-ring (bicyclic) bond motifs is 1. The van der Waals surface area contributed by atoms with Gasteiger partial charge in [-0.25, -0.2) is 0 Å². The van der Waals surface area contributed by atoms with Crippen molar-refractivity contribution >= 4 is 12.0 Å². The highest BCUT2D eigenvalue weighted by Gasteiger charge is 2.27. The second kappa shape index (κ2) is 5.08. The van der Waals surface area contributed by atoms with Crippen molar-refractivity contribution in [2.45, 2.75) is 32.2 Å². The number of para-hydroxylation sites is 1. The molecular formula is C16H19NO2. The highest BCUT2D eigenvalue weighted by Crippen LogP contribution is 2.27. The van der Waals surface area contributed by atoms with E-state index in [4.69, 9.17) is 4.74 Å². The third kappa shape index (κ3) is 2.37. The third-order valence-corrected chi connectivity index (χ3v) is 3.97. The van der Waals surface area contributed by atoms with Crippen molar-refractivity contribution in [1.29, 1.82) is 0 Å². The van der Waals surface area contributed by atoms with E-state index in [0.29, 0.717) is 12.6 Å². The number of rotatable bonds is 1. The molecule has 0 N–H and O–H groups in total. The number of hydrogen-bond donors (Lipinski definition) is 0. The van der Waals surface area contributed by atoms with E-state index in [-0.39, 0.29) is 5.91 Å². The molecule has 0 radical (unpaired) electrons. The van der Waals surface area contributed by atoms with Crippen molar-refractivity contribution in [3.05, 3.63) is 35.4 Å². The largest absolute Gasteiger partial charge is 0.488 e. The molecule has 1 saturated heterocycles. The van der Waals surface area contributed by atoms with Gasteiger partial charge in [0.15, 0.2) is 0 Å². The average Bonchev–Trinajstić information content (AvgIpc) is 2.46. The number of amides is 1. The zero-order chi connectivity index (χ0) is 13.2. The van der Waals surface area contributed by atoms with E-state index in [9.17, 15) is 4.79 Å². The van der Waals surface area contributed by atoms with Gasteiger partial charge in [0.25, 0.3) is 5.91 Å². The van der Waals surface area contributed by atoms with Gasteiger partial charge in [-0.3, -0.25) is 4.79 Å². The van der Waals surface area contributed by atoms with Gasteiger partial charge >= 0.3 is 0 Å². The minimum atomic E-state index is 0.140. The molecule has 3 heteroatoms. The van der Waals surface area contributed by atoms with Crippen molar-refractivity contribution in [1.82, 2.24) is 4.90 Å². The lowest BCUT2D eigenvalue weighted by atomic mass is 10.0. The first-order valence-corrected chi connectivity index (χ1v) is 6.99. The minimum Gasteiger partial charge on any atom is -0.488 e. The number of benzene rings is 1. The molecule has 0 aromatic heterocycles. The van der Waals surface area contributed by atoms with Crippen LogP contribution in [0.3, 0.4) is 0 Å². The molecule has 1 aromatic rings. The van der Waals surface area contributed by atoms with Crippen LogP contribution < -0.4 is 4.74 Å². The summed E-state index contributed by atoms with van der Waals surface area (Å²) in [5, 5.41) is 0. The summed E-state index contributed by atoms with van der Waals surface area (Å²) in [6.07, 6.45) is 5.42. The van der Waals surface area contributed by atoms with Crippen LogP contribution in [0.1, 0.15) is 31.7 Å². The monoisotopic (exact) mass is 257 g/mol. The van der Waals surface area contributed by atoms with Gasteiger partial charge in [-0.2, -0.15) is 0 Å². The van der Waals surface area contributed by atoms with Crippen LogP contribution in [-0.4, -0.2) is 30.0 Å². The van der Waals surface area contributed by atoms with E-state index < -0.39 is 0 Å².